The molecular formula is C17H36N2O4. The first-order valence-corrected chi connectivity index (χ1v) is 8.44. The molecule has 0 aliphatic heterocycles. The Balaban J connectivity index is 4.20. The summed E-state index contributed by atoms with van der Waals surface area (Å²) >= 11 is 0. The molecule has 0 heterocycles. The Hall–Kier alpha value is -0.850. The molecule has 6 nitrogen and oxygen atoms in total. The van der Waals surface area contributed by atoms with Crippen LogP contribution in [0.5, 0.6) is 0 Å². The SMILES string of the molecule is CCC(C)(CN)OCC(C)(CC)OCCNC(=O)OC(C)(C)C. The average Bonchev–Trinajstić information content (AvgIpc) is 2.47. The van der Waals surface area contributed by atoms with Crippen molar-refractivity contribution in [1.29, 1.82) is 0 Å². The van der Waals surface area contributed by atoms with Crippen molar-refractivity contribution in [2.24, 2.45) is 5.73 Å². The summed E-state index contributed by atoms with van der Waals surface area (Å²) in [5.41, 5.74) is 4.54. The molecule has 23 heavy (non-hydrogen) atoms. The summed E-state index contributed by atoms with van der Waals surface area (Å²) in [6, 6.07) is 0. The van der Waals surface area contributed by atoms with Crippen molar-refractivity contribution in [2.45, 2.75) is 78.1 Å². The molecule has 0 saturated heterocycles. The molecular weight excluding hydrogens is 296 g/mol. The summed E-state index contributed by atoms with van der Waals surface area (Å²) < 4.78 is 17.0. The summed E-state index contributed by atoms with van der Waals surface area (Å²) in [6.45, 7) is 15.4. The number of rotatable bonds is 10. The zero-order valence-electron chi connectivity index (χ0n) is 16.0. The van der Waals surface area contributed by atoms with E-state index in [1.54, 1.807) is 0 Å². The fourth-order valence-electron chi connectivity index (χ4n) is 1.64. The molecule has 0 rings (SSSR count). The van der Waals surface area contributed by atoms with Gasteiger partial charge in [-0.1, -0.05) is 13.8 Å². The van der Waals surface area contributed by atoms with Crippen molar-refractivity contribution in [2.75, 3.05) is 26.3 Å². The molecule has 138 valence electrons. The van der Waals surface area contributed by atoms with Gasteiger partial charge in [0.2, 0.25) is 0 Å². The minimum Gasteiger partial charge on any atom is -0.444 e. The van der Waals surface area contributed by atoms with Crippen LogP contribution in [0.25, 0.3) is 0 Å². The van der Waals surface area contributed by atoms with Crippen molar-refractivity contribution in [1.82, 2.24) is 5.32 Å². The molecule has 0 saturated carbocycles. The standard InChI is InChI=1S/C17H36N2O4/c1-8-16(6,12-18)22-13-17(7,9-2)21-11-10-19-14(20)23-15(3,4)5/h8-13,18H2,1-7H3,(H,19,20). The Morgan fingerprint density at radius 2 is 1.57 bits per heavy atom. The van der Waals surface area contributed by atoms with Crippen LogP contribution in [-0.2, 0) is 14.2 Å². The second-order valence-corrected chi connectivity index (χ2v) is 7.38. The van der Waals surface area contributed by atoms with E-state index in [0.717, 1.165) is 12.8 Å². The molecule has 0 aromatic rings. The molecule has 0 aromatic heterocycles. The van der Waals surface area contributed by atoms with E-state index in [9.17, 15) is 4.79 Å². The Bertz CT molecular complexity index is 351. The van der Waals surface area contributed by atoms with Crippen LogP contribution in [0.2, 0.25) is 0 Å². The molecule has 2 atom stereocenters. The van der Waals surface area contributed by atoms with Gasteiger partial charge >= 0.3 is 6.09 Å². The highest BCUT2D eigenvalue weighted by atomic mass is 16.6. The van der Waals surface area contributed by atoms with Gasteiger partial charge < -0.3 is 25.3 Å². The first-order chi connectivity index (χ1) is 10.5. The monoisotopic (exact) mass is 332 g/mol. The van der Waals surface area contributed by atoms with Crippen LogP contribution in [0.4, 0.5) is 4.79 Å². The lowest BCUT2D eigenvalue weighted by atomic mass is 10.0. The van der Waals surface area contributed by atoms with Crippen molar-refractivity contribution >= 4 is 6.09 Å². The van der Waals surface area contributed by atoms with Crippen LogP contribution in [-0.4, -0.2) is 49.2 Å². The van der Waals surface area contributed by atoms with Crippen LogP contribution < -0.4 is 11.1 Å². The van der Waals surface area contributed by atoms with E-state index in [2.05, 4.69) is 19.2 Å². The van der Waals surface area contributed by atoms with Crippen LogP contribution >= 0.6 is 0 Å². The quantitative estimate of drug-likeness (QED) is 0.601. The second-order valence-electron chi connectivity index (χ2n) is 7.38. The molecule has 0 aromatic carbocycles. The average molecular weight is 332 g/mol. The fraction of sp³-hybridized carbons (Fsp3) is 0.941. The van der Waals surface area contributed by atoms with Gasteiger partial charge in [-0.15, -0.1) is 0 Å². The number of ether oxygens (including phenoxy) is 3. The molecule has 1 amide bonds. The fourth-order valence-corrected chi connectivity index (χ4v) is 1.64. The zero-order valence-corrected chi connectivity index (χ0v) is 16.0. The van der Waals surface area contributed by atoms with Gasteiger partial charge in [-0.05, 0) is 47.5 Å². The Morgan fingerprint density at radius 1 is 1.00 bits per heavy atom. The molecule has 0 bridgehead atoms. The maximum atomic E-state index is 11.6. The zero-order chi connectivity index (χ0) is 18.1. The van der Waals surface area contributed by atoms with Crippen molar-refractivity contribution in [3.05, 3.63) is 0 Å². The lowest BCUT2D eigenvalue weighted by Crippen LogP contribution is -2.44. The summed E-state index contributed by atoms with van der Waals surface area (Å²) in [4.78, 5) is 11.6. The minimum absolute atomic E-state index is 0.325. The van der Waals surface area contributed by atoms with Gasteiger partial charge in [-0.2, -0.15) is 0 Å². The minimum atomic E-state index is -0.496. The molecule has 0 aliphatic rings. The van der Waals surface area contributed by atoms with Gasteiger partial charge in [0.25, 0.3) is 0 Å². The molecule has 0 spiro atoms. The molecule has 6 heteroatoms. The van der Waals surface area contributed by atoms with Gasteiger partial charge in [0, 0.05) is 13.1 Å². The lowest BCUT2D eigenvalue weighted by molar-refractivity contribution is -0.132. The third-order valence-corrected chi connectivity index (χ3v) is 3.87. The summed E-state index contributed by atoms with van der Waals surface area (Å²) in [5.74, 6) is 0. The predicted octanol–water partition coefficient (Wildman–Crippen LogP) is 2.84. The van der Waals surface area contributed by atoms with Crippen molar-refractivity contribution < 1.29 is 19.0 Å². The third-order valence-electron chi connectivity index (χ3n) is 3.87. The lowest BCUT2D eigenvalue weighted by Gasteiger charge is -2.34. The number of nitrogens with two attached hydrogens (primary N) is 1. The van der Waals surface area contributed by atoms with E-state index < -0.39 is 17.3 Å². The highest BCUT2D eigenvalue weighted by Gasteiger charge is 2.29. The number of carbonyl (C=O) groups is 1. The van der Waals surface area contributed by atoms with E-state index in [-0.39, 0.29) is 5.60 Å². The molecule has 0 aliphatic carbocycles. The number of hydrogen-bond acceptors (Lipinski definition) is 5. The summed E-state index contributed by atoms with van der Waals surface area (Å²) in [7, 11) is 0. The molecule has 0 radical (unpaired) electrons. The molecule has 3 N–H and O–H groups in total. The highest BCUT2D eigenvalue weighted by Crippen LogP contribution is 2.21. The summed E-state index contributed by atoms with van der Waals surface area (Å²) in [6.07, 6.45) is 1.23. The first-order valence-electron chi connectivity index (χ1n) is 8.44. The van der Waals surface area contributed by atoms with Gasteiger partial charge in [0.1, 0.15) is 5.60 Å². The van der Waals surface area contributed by atoms with Gasteiger partial charge in [0.15, 0.2) is 0 Å². The topological polar surface area (TPSA) is 82.8 Å². The largest absolute Gasteiger partial charge is 0.444 e. The second kappa shape index (κ2) is 9.45. The van der Waals surface area contributed by atoms with E-state index in [0.29, 0.717) is 26.3 Å². The van der Waals surface area contributed by atoms with Crippen LogP contribution in [0.15, 0.2) is 0 Å². The maximum absolute atomic E-state index is 11.6. The van der Waals surface area contributed by atoms with Crippen molar-refractivity contribution in [3.8, 4) is 0 Å². The Labute approximate surface area is 141 Å². The highest BCUT2D eigenvalue weighted by molar-refractivity contribution is 5.67. The molecule has 2 unspecified atom stereocenters. The van der Waals surface area contributed by atoms with Crippen LogP contribution in [0, 0.1) is 0 Å². The maximum Gasteiger partial charge on any atom is 0.407 e. The van der Waals surface area contributed by atoms with Crippen LogP contribution in [0.3, 0.4) is 0 Å². The van der Waals surface area contributed by atoms with E-state index in [1.165, 1.54) is 0 Å². The first kappa shape index (κ1) is 22.1. The van der Waals surface area contributed by atoms with Gasteiger partial charge in [0.05, 0.1) is 24.4 Å². The normalized spacial score (nSPS) is 17.2. The molecule has 0 fully saturated rings. The smallest absolute Gasteiger partial charge is 0.407 e. The summed E-state index contributed by atoms with van der Waals surface area (Å²) in [5, 5.41) is 2.68. The van der Waals surface area contributed by atoms with E-state index in [4.69, 9.17) is 19.9 Å². The number of nitrogens with one attached hydrogen (secondary N) is 1. The number of hydrogen-bond donors (Lipinski definition) is 2. The van der Waals surface area contributed by atoms with Crippen molar-refractivity contribution in [3.63, 3.8) is 0 Å². The number of alkyl carbamates (subject to hydrolysis) is 1. The third kappa shape index (κ3) is 9.79. The predicted molar refractivity (Wildman–Crippen MR) is 92.6 cm³/mol. The number of amides is 1. The number of carbonyl (C=O) groups excluding carboxylic acids is 1. The Morgan fingerprint density at radius 3 is 2.00 bits per heavy atom. The Kier molecular flexibility index (Phi) is 9.10. The van der Waals surface area contributed by atoms with E-state index in [1.807, 2.05) is 34.6 Å². The van der Waals surface area contributed by atoms with Gasteiger partial charge in [-0.3, -0.25) is 0 Å². The van der Waals surface area contributed by atoms with Gasteiger partial charge in [-0.25, -0.2) is 4.79 Å². The van der Waals surface area contributed by atoms with E-state index >= 15 is 0 Å². The van der Waals surface area contributed by atoms with Crippen LogP contribution in [0.1, 0.15) is 61.3 Å².